The second-order valence-electron chi connectivity index (χ2n) is 9.49. The summed E-state index contributed by atoms with van der Waals surface area (Å²) >= 11 is 1.69. The summed E-state index contributed by atoms with van der Waals surface area (Å²) in [4.78, 5) is 30.2. The van der Waals surface area contributed by atoms with Crippen molar-refractivity contribution in [2.75, 3.05) is 49.1 Å². The number of rotatable bonds is 5. The zero-order valence-corrected chi connectivity index (χ0v) is 21.4. The molecule has 2 fully saturated rings. The number of hydrogen-bond acceptors (Lipinski definition) is 6. The minimum atomic E-state index is 0.111. The van der Waals surface area contributed by atoms with E-state index in [1.54, 1.807) is 18.1 Å². The maximum Gasteiger partial charge on any atom is 0.225 e. The Morgan fingerprint density at radius 1 is 0.857 bits per heavy atom. The minimum Gasteiger partial charge on any atom is -0.368 e. The van der Waals surface area contributed by atoms with Gasteiger partial charge in [-0.15, -0.1) is 0 Å². The summed E-state index contributed by atoms with van der Waals surface area (Å²) in [5.41, 5.74) is 3.75. The Kier molecular flexibility index (Phi) is 7.23. The van der Waals surface area contributed by atoms with Gasteiger partial charge in [-0.1, -0.05) is 42.1 Å². The van der Waals surface area contributed by atoms with Gasteiger partial charge in [-0.25, -0.2) is 9.97 Å². The molecule has 0 aliphatic carbocycles. The number of carbonyl (C=O) groups is 1. The molecule has 7 heteroatoms. The van der Waals surface area contributed by atoms with Crippen LogP contribution in [0.2, 0.25) is 0 Å². The zero-order chi connectivity index (χ0) is 24.2. The van der Waals surface area contributed by atoms with Crippen LogP contribution in [0, 0.1) is 19.8 Å². The van der Waals surface area contributed by atoms with Crippen molar-refractivity contribution in [1.29, 1.82) is 0 Å². The number of piperazine rings is 1. The normalized spacial score (nSPS) is 17.0. The highest BCUT2D eigenvalue weighted by atomic mass is 32.2. The molecule has 182 valence electrons. The molecule has 3 heterocycles. The Hall–Kier alpha value is -3.06. The molecule has 0 radical (unpaired) electrons. The summed E-state index contributed by atoms with van der Waals surface area (Å²) in [6.45, 7) is 9.36. The molecule has 1 aromatic heterocycles. The lowest BCUT2D eigenvalue weighted by molar-refractivity contribution is -0.136. The van der Waals surface area contributed by atoms with E-state index in [2.05, 4.69) is 87.0 Å². The van der Waals surface area contributed by atoms with Gasteiger partial charge >= 0.3 is 0 Å². The third-order valence-corrected chi connectivity index (χ3v) is 8.16. The summed E-state index contributed by atoms with van der Waals surface area (Å²) in [5, 5.41) is 0.957. The molecule has 0 bridgehead atoms. The lowest BCUT2D eigenvalue weighted by Gasteiger charge is -2.39. The third-order valence-electron chi connectivity index (χ3n) is 7.07. The first-order valence-electron chi connectivity index (χ1n) is 12.5. The topological polar surface area (TPSA) is 52.6 Å². The number of benzene rings is 2. The molecule has 35 heavy (non-hydrogen) atoms. The van der Waals surface area contributed by atoms with Crippen molar-refractivity contribution >= 4 is 29.2 Å². The number of para-hydroxylation sites is 1. The van der Waals surface area contributed by atoms with Crippen molar-refractivity contribution in [2.45, 2.75) is 36.6 Å². The lowest BCUT2D eigenvalue weighted by Crippen LogP contribution is -2.51. The number of anilines is 2. The average Bonchev–Trinajstić information content (AvgIpc) is 2.91. The van der Waals surface area contributed by atoms with Crippen LogP contribution in [-0.4, -0.2) is 60.0 Å². The van der Waals surface area contributed by atoms with Crippen LogP contribution < -0.4 is 9.80 Å². The predicted octanol–water partition coefficient (Wildman–Crippen LogP) is 4.81. The van der Waals surface area contributed by atoms with Gasteiger partial charge in [0.05, 0.1) is 0 Å². The van der Waals surface area contributed by atoms with Crippen molar-refractivity contribution in [3.05, 3.63) is 72.1 Å². The van der Waals surface area contributed by atoms with Gasteiger partial charge in [-0.05, 0) is 56.0 Å². The van der Waals surface area contributed by atoms with E-state index < -0.39 is 0 Å². The smallest absolute Gasteiger partial charge is 0.225 e. The molecule has 0 saturated carbocycles. The van der Waals surface area contributed by atoms with Crippen molar-refractivity contribution in [3.63, 3.8) is 0 Å². The quantitative estimate of drug-likeness (QED) is 0.482. The summed E-state index contributed by atoms with van der Waals surface area (Å²) in [7, 11) is 0. The Bertz CT molecular complexity index is 1160. The van der Waals surface area contributed by atoms with Crippen LogP contribution in [0.25, 0.3) is 0 Å². The van der Waals surface area contributed by atoms with E-state index >= 15 is 0 Å². The number of amides is 1. The van der Waals surface area contributed by atoms with Gasteiger partial charge in [0.25, 0.3) is 0 Å². The molecule has 0 unspecified atom stereocenters. The molecular formula is C28H33N5OS. The zero-order valence-electron chi connectivity index (χ0n) is 20.6. The first-order valence-corrected chi connectivity index (χ1v) is 13.3. The second-order valence-corrected chi connectivity index (χ2v) is 10.6. The van der Waals surface area contributed by atoms with Gasteiger partial charge in [0.1, 0.15) is 17.2 Å². The first kappa shape index (κ1) is 23.7. The van der Waals surface area contributed by atoms with E-state index in [-0.39, 0.29) is 5.92 Å². The van der Waals surface area contributed by atoms with E-state index in [4.69, 9.17) is 0 Å². The molecule has 0 spiro atoms. The van der Waals surface area contributed by atoms with Gasteiger partial charge in [-0.2, -0.15) is 0 Å². The molecule has 3 aromatic rings. The van der Waals surface area contributed by atoms with E-state index in [0.29, 0.717) is 5.91 Å². The standard InChI is InChI=1S/C28H33N5OS/c1-21-8-9-22(2)25(18-21)35-27-19-26(29-20-30-27)32-12-10-23(11-13-32)28(34)33-16-14-31(15-17-33)24-6-4-3-5-7-24/h3-9,18-20,23H,10-17H2,1-2H3. The lowest BCUT2D eigenvalue weighted by atomic mass is 9.95. The highest BCUT2D eigenvalue weighted by molar-refractivity contribution is 7.99. The van der Waals surface area contributed by atoms with E-state index in [1.807, 2.05) is 6.07 Å². The maximum absolute atomic E-state index is 13.2. The molecule has 6 nitrogen and oxygen atoms in total. The number of nitrogens with zero attached hydrogens (tertiary/aromatic N) is 5. The molecule has 0 atom stereocenters. The van der Waals surface area contributed by atoms with Crippen molar-refractivity contribution < 1.29 is 4.79 Å². The Morgan fingerprint density at radius 2 is 1.60 bits per heavy atom. The van der Waals surface area contributed by atoms with E-state index in [1.165, 1.54) is 21.7 Å². The minimum absolute atomic E-state index is 0.111. The van der Waals surface area contributed by atoms with E-state index in [9.17, 15) is 4.79 Å². The number of aryl methyl sites for hydroxylation is 2. The van der Waals surface area contributed by atoms with Crippen molar-refractivity contribution in [2.24, 2.45) is 5.92 Å². The van der Waals surface area contributed by atoms with Gasteiger partial charge < -0.3 is 14.7 Å². The van der Waals surface area contributed by atoms with Crippen LogP contribution in [0.1, 0.15) is 24.0 Å². The maximum atomic E-state index is 13.2. The highest BCUT2D eigenvalue weighted by Crippen LogP contribution is 2.32. The summed E-state index contributed by atoms with van der Waals surface area (Å²) in [6, 6.07) is 19.1. The summed E-state index contributed by atoms with van der Waals surface area (Å²) < 4.78 is 0. The van der Waals surface area contributed by atoms with Gasteiger partial charge in [0, 0.05) is 61.8 Å². The van der Waals surface area contributed by atoms with Crippen LogP contribution in [0.3, 0.4) is 0 Å². The molecule has 5 rings (SSSR count). The van der Waals surface area contributed by atoms with E-state index in [0.717, 1.165) is 63.0 Å². The summed E-state index contributed by atoms with van der Waals surface area (Å²) in [5.74, 6) is 1.39. The first-order chi connectivity index (χ1) is 17.1. The molecule has 0 N–H and O–H groups in total. The number of aromatic nitrogens is 2. The largest absolute Gasteiger partial charge is 0.368 e. The molecule has 2 aliphatic heterocycles. The Morgan fingerprint density at radius 3 is 2.34 bits per heavy atom. The second kappa shape index (κ2) is 10.7. The predicted molar refractivity (Wildman–Crippen MR) is 142 cm³/mol. The highest BCUT2D eigenvalue weighted by Gasteiger charge is 2.31. The molecule has 1 amide bonds. The van der Waals surface area contributed by atoms with Crippen LogP contribution in [0.4, 0.5) is 11.5 Å². The Balaban J connectivity index is 1.15. The fraction of sp³-hybridized carbons (Fsp3) is 0.393. The van der Waals surface area contributed by atoms with Gasteiger partial charge in [-0.3, -0.25) is 4.79 Å². The van der Waals surface area contributed by atoms with Crippen molar-refractivity contribution in [3.8, 4) is 0 Å². The number of piperidine rings is 1. The van der Waals surface area contributed by atoms with Crippen LogP contribution in [0.15, 0.2) is 70.8 Å². The molecule has 2 saturated heterocycles. The SMILES string of the molecule is Cc1ccc(C)c(Sc2cc(N3CCC(C(=O)N4CCN(c5ccccc5)CC4)CC3)ncn2)c1. The van der Waals surface area contributed by atoms with Crippen LogP contribution >= 0.6 is 11.8 Å². The van der Waals surface area contributed by atoms with Crippen LogP contribution in [0.5, 0.6) is 0 Å². The molecule has 2 aromatic carbocycles. The number of hydrogen-bond donors (Lipinski definition) is 0. The monoisotopic (exact) mass is 487 g/mol. The fourth-order valence-corrected chi connectivity index (χ4v) is 5.89. The van der Waals surface area contributed by atoms with Crippen molar-refractivity contribution in [1.82, 2.24) is 14.9 Å². The fourth-order valence-electron chi connectivity index (χ4n) is 4.93. The van der Waals surface area contributed by atoms with Gasteiger partial charge in [0.15, 0.2) is 0 Å². The molecule has 2 aliphatic rings. The molecular weight excluding hydrogens is 454 g/mol. The Labute approximate surface area is 212 Å². The summed E-state index contributed by atoms with van der Waals surface area (Å²) in [6.07, 6.45) is 3.41. The third kappa shape index (κ3) is 5.61. The van der Waals surface area contributed by atoms with Gasteiger partial charge in [0.2, 0.25) is 5.91 Å². The number of carbonyl (C=O) groups excluding carboxylic acids is 1. The van der Waals surface area contributed by atoms with Crippen LogP contribution in [-0.2, 0) is 4.79 Å². The average molecular weight is 488 g/mol.